The molecule has 1 aromatic rings. The van der Waals surface area contributed by atoms with Gasteiger partial charge in [-0.15, -0.1) is 0 Å². The van der Waals surface area contributed by atoms with Gasteiger partial charge in [0.2, 0.25) is 0 Å². The minimum atomic E-state index is -0.689. The van der Waals surface area contributed by atoms with E-state index in [1.54, 1.807) is 32.9 Å². The third-order valence-electron chi connectivity index (χ3n) is 2.68. The summed E-state index contributed by atoms with van der Waals surface area (Å²) >= 11 is 0. The highest BCUT2D eigenvalue weighted by atomic mass is 16.7. The van der Waals surface area contributed by atoms with Crippen molar-refractivity contribution in [3.8, 4) is 0 Å². The molecule has 0 aliphatic carbocycles. The predicted octanol–water partition coefficient (Wildman–Crippen LogP) is 3.93. The van der Waals surface area contributed by atoms with Crippen LogP contribution in [0.15, 0.2) is 36.4 Å². The highest BCUT2D eigenvalue weighted by Crippen LogP contribution is 2.17. The van der Waals surface area contributed by atoms with Gasteiger partial charge in [-0.2, -0.15) is 0 Å². The van der Waals surface area contributed by atoms with E-state index in [1.807, 2.05) is 31.2 Å². The molecule has 1 N–H and O–H groups in total. The smallest absolute Gasteiger partial charge is 0.430 e. The van der Waals surface area contributed by atoms with Crippen molar-refractivity contribution in [2.75, 3.05) is 6.61 Å². The van der Waals surface area contributed by atoms with E-state index < -0.39 is 17.9 Å². The van der Waals surface area contributed by atoms with E-state index in [1.165, 1.54) is 0 Å². The molecule has 21 heavy (non-hydrogen) atoms. The Morgan fingerprint density at radius 1 is 1.24 bits per heavy atom. The van der Waals surface area contributed by atoms with Crippen molar-refractivity contribution in [2.45, 2.75) is 45.8 Å². The fraction of sp³-hybridized carbons (Fsp3) is 0.471. The van der Waals surface area contributed by atoms with Gasteiger partial charge in [-0.1, -0.05) is 42.0 Å². The van der Waals surface area contributed by atoms with Gasteiger partial charge in [0.15, 0.2) is 0 Å². The second-order valence-corrected chi connectivity index (χ2v) is 5.91. The molecule has 0 amide bonds. The third kappa shape index (κ3) is 7.51. The van der Waals surface area contributed by atoms with Crippen LogP contribution in [-0.2, 0) is 9.47 Å². The molecule has 0 aliphatic heterocycles. The third-order valence-corrected chi connectivity index (χ3v) is 2.68. The van der Waals surface area contributed by atoms with Gasteiger partial charge >= 0.3 is 6.16 Å². The molecule has 1 rings (SSSR count). The van der Waals surface area contributed by atoms with Gasteiger partial charge in [-0.25, -0.2) is 4.79 Å². The average Bonchev–Trinajstić information content (AvgIpc) is 2.36. The molecule has 4 heteroatoms. The summed E-state index contributed by atoms with van der Waals surface area (Å²) in [6, 6.07) is 7.75. The first kappa shape index (κ1) is 17.2. The number of hydrogen-bond acceptors (Lipinski definition) is 4. The van der Waals surface area contributed by atoms with Gasteiger partial charge in [0.25, 0.3) is 0 Å². The van der Waals surface area contributed by atoms with E-state index in [9.17, 15) is 9.90 Å². The molecule has 0 saturated carbocycles. The Morgan fingerprint density at radius 2 is 1.86 bits per heavy atom. The quantitative estimate of drug-likeness (QED) is 0.660. The van der Waals surface area contributed by atoms with Crippen molar-refractivity contribution in [1.82, 2.24) is 0 Å². The fourth-order valence-electron chi connectivity index (χ4n) is 1.61. The van der Waals surface area contributed by atoms with Crippen LogP contribution in [0.1, 0.15) is 44.4 Å². The molecule has 0 heterocycles. The maximum Gasteiger partial charge on any atom is 0.509 e. The topological polar surface area (TPSA) is 55.8 Å². The maximum atomic E-state index is 11.3. The lowest BCUT2D eigenvalue weighted by atomic mass is 10.1. The van der Waals surface area contributed by atoms with Gasteiger partial charge < -0.3 is 14.6 Å². The number of benzene rings is 1. The number of rotatable bonds is 5. The molecule has 1 aromatic carbocycles. The number of hydrogen-bond donors (Lipinski definition) is 1. The molecule has 0 aromatic heterocycles. The zero-order chi connectivity index (χ0) is 15.9. The van der Waals surface area contributed by atoms with Crippen LogP contribution in [0.25, 0.3) is 0 Å². The van der Waals surface area contributed by atoms with E-state index in [-0.39, 0.29) is 6.61 Å². The summed E-state index contributed by atoms with van der Waals surface area (Å²) in [5.74, 6) is 0. The van der Waals surface area contributed by atoms with Crippen molar-refractivity contribution in [2.24, 2.45) is 0 Å². The molecule has 0 aliphatic rings. The molecule has 1 unspecified atom stereocenters. The number of ether oxygens (including phenoxy) is 2. The van der Waals surface area contributed by atoms with E-state index in [2.05, 4.69) is 0 Å². The first-order valence-electron chi connectivity index (χ1n) is 7.03. The SMILES string of the molecule is Cc1ccc(C(O)C/C=C/COC(=O)OC(C)(C)C)cc1. The standard InChI is InChI=1S/C17H24O4/c1-13-8-10-14(11-9-13)15(18)7-5-6-12-20-16(19)21-17(2,3)4/h5-6,8-11,15,18H,7,12H2,1-4H3/b6-5+. The van der Waals surface area contributed by atoms with Gasteiger partial charge in [0.05, 0.1) is 6.10 Å². The highest BCUT2D eigenvalue weighted by molar-refractivity contribution is 5.60. The molecule has 0 bridgehead atoms. The molecule has 0 spiro atoms. The molecule has 0 radical (unpaired) electrons. The normalized spacial score (nSPS) is 13.2. The predicted molar refractivity (Wildman–Crippen MR) is 82.1 cm³/mol. The van der Waals surface area contributed by atoms with Gasteiger partial charge in [-0.05, 0) is 39.7 Å². The van der Waals surface area contributed by atoms with Crippen molar-refractivity contribution in [3.05, 3.63) is 47.5 Å². The fourth-order valence-corrected chi connectivity index (χ4v) is 1.61. The van der Waals surface area contributed by atoms with Crippen molar-refractivity contribution in [3.63, 3.8) is 0 Å². The van der Waals surface area contributed by atoms with Crippen LogP contribution in [-0.4, -0.2) is 23.5 Å². The largest absolute Gasteiger partial charge is 0.509 e. The van der Waals surface area contributed by atoms with Gasteiger partial charge in [-0.3, -0.25) is 0 Å². The van der Waals surface area contributed by atoms with Crippen molar-refractivity contribution >= 4 is 6.16 Å². The monoisotopic (exact) mass is 292 g/mol. The van der Waals surface area contributed by atoms with Crippen molar-refractivity contribution in [1.29, 1.82) is 0 Å². The van der Waals surface area contributed by atoms with Crippen LogP contribution < -0.4 is 0 Å². The minimum absolute atomic E-state index is 0.134. The van der Waals surface area contributed by atoms with E-state index >= 15 is 0 Å². The molecule has 0 saturated heterocycles. The Morgan fingerprint density at radius 3 is 2.43 bits per heavy atom. The second kappa shape index (κ2) is 7.84. The summed E-state index contributed by atoms with van der Waals surface area (Å²) in [6.07, 6.45) is 2.71. The number of carbonyl (C=O) groups excluding carboxylic acids is 1. The Labute approximate surface area is 126 Å². The summed E-state index contributed by atoms with van der Waals surface area (Å²) in [7, 11) is 0. The lowest BCUT2D eigenvalue weighted by Gasteiger charge is -2.18. The lowest BCUT2D eigenvalue weighted by molar-refractivity contribution is -0.00243. The second-order valence-electron chi connectivity index (χ2n) is 5.91. The number of aryl methyl sites for hydroxylation is 1. The molecule has 116 valence electrons. The van der Waals surface area contributed by atoms with Crippen LogP contribution in [0.5, 0.6) is 0 Å². The lowest BCUT2D eigenvalue weighted by Crippen LogP contribution is -2.24. The maximum absolute atomic E-state index is 11.3. The minimum Gasteiger partial charge on any atom is -0.430 e. The summed E-state index contributed by atoms with van der Waals surface area (Å²) in [5, 5.41) is 9.99. The van der Waals surface area contributed by atoms with E-state index in [0.29, 0.717) is 6.42 Å². The number of aliphatic hydroxyl groups excluding tert-OH is 1. The van der Waals surface area contributed by atoms with Gasteiger partial charge in [0.1, 0.15) is 12.2 Å². The van der Waals surface area contributed by atoms with Crippen molar-refractivity contribution < 1.29 is 19.4 Å². The summed E-state index contributed by atoms with van der Waals surface area (Å²) in [5.41, 5.74) is 1.48. The highest BCUT2D eigenvalue weighted by Gasteiger charge is 2.16. The molecular formula is C17H24O4. The first-order chi connectivity index (χ1) is 9.78. The Kier molecular flexibility index (Phi) is 6.43. The van der Waals surface area contributed by atoms with Crippen LogP contribution in [0.3, 0.4) is 0 Å². The summed E-state index contributed by atoms with van der Waals surface area (Å²) in [6.45, 7) is 7.48. The van der Waals surface area contributed by atoms with Crippen LogP contribution in [0.4, 0.5) is 4.79 Å². The summed E-state index contributed by atoms with van der Waals surface area (Å²) < 4.78 is 9.89. The Hall–Kier alpha value is -1.81. The van der Waals surface area contributed by atoms with Gasteiger partial charge in [0, 0.05) is 0 Å². The Balaban J connectivity index is 2.28. The van der Waals surface area contributed by atoms with E-state index in [4.69, 9.17) is 9.47 Å². The van der Waals surface area contributed by atoms with Crippen LogP contribution in [0.2, 0.25) is 0 Å². The summed E-state index contributed by atoms with van der Waals surface area (Å²) in [4.78, 5) is 11.3. The molecule has 1 atom stereocenters. The molecule has 4 nitrogen and oxygen atoms in total. The average molecular weight is 292 g/mol. The zero-order valence-corrected chi connectivity index (χ0v) is 13.1. The molecular weight excluding hydrogens is 268 g/mol. The zero-order valence-electron chi connectivity index (χ0n) is 13.1. The first-order valence-corrected chi connectivity index (χ1v) is 7.03. The number of aliphatic hydroxyl groups is 1. The molecule has 0 fully saturated rings. The van der Waals surface area contributed by atoms with E-state index in [0.717, 1.165) is 11.1 Å². The van der Waals surface area contributed by atoms with Crippen LogP contribution in [0, 0.1) is 6.92 Å². The number of carbonyl (C=O) groups is 1. The van der Waals surface area contributed by atoms with Crippen LogP contribution >= 0.6 is 0 Å². The Bertz CT molecular complexity index is 469.